The van der Waals surface area contributed by atoms with Crippen molar-refractivity contribution in [1.29, 1.82) is 0 Å². The quantitative estimate of drug-likeness (QED) is 0.507. The maximum Gasteiger partial charge on any atom is 0.0781 e. The Kier molecular flexibility index (Phi) is 11.8. The number of hydrogen-bond acceptors (Lipinski definition) is 4. The Morgan fingerprint density at radius 2 is 1.39 bits per heavy atom. The molecule has 110 valence electrons. The molecule has 0 rings (SSSR count). The first-order valence-electron chi connectivity index (χ1n) is 6.93. The van der Waals surface area contributed by atoms with Crippen LogP contribution in [0.15, 0.2) is 0 Å². The predicted octanol–water partition coefficient (Wildman–Crippen LogP) is 2.65. The Balaban J connectivity index is 3.43. The van der Waals surface area contributed by atoms with Crippen molar-refractivity contribution in [3.8, 4) is 0 Å². The number of methoxy groups -OCH3 is 1. The second-order valence-electron chi connectivity index (χ2n) is 4.76. The largest absolute Gasteiger partial charge is 0.379 e. The van der Waals surface area contributed by atoms with Crippen molar-refractivity contribution >= 4 is 0 Å². The highest BCUT2D eigenvalue weighted by Gasteiger charge is 2.09. The minimum atomic E-state index is 0.0840. The van der Waals surface area contributed by atoms with Crippen LogP contribution in [0.4, 0.5) is 0 Å². The maximum absolute atomic E-state index is 5.66. The molecule has 0 aliphatic rings. The number of hydrogen-bond donors (Lipinski definition) is 0. The smallest absolute Gasteiger partial charge is 0.0781 e. The average molecular weight is 262 g/mol. The second kappa shape index (κ2) is 11.9. The fraction of sp³-hybridized carbons (Fsp3) is 1.00. The molecule has 0 radical (unpaired) electrons. The number of ether oxygens (including phenoxy) is 4. The van der Waals surface area contributed by atoms with Gasteiger partial charge in [-0.1, -0.05) is 13.3 Å². The zero-order valence-electron chi connectivity index (χ0n) is 12.6. The summed E-state index contributed by atoms with van der Waals surface area (Å²) in [5.74, 6) is 0. The van der Waals surface area contributed by atoms with Gasteiger partial charge in [0.25, 0.3) is 0 Å². The van der Waals surface area contributed by atoms with Gasteiger partial charge in [-0.15, -0.1) is 0 Å². The highest BCUT2D eigenvalue weighted by Crippen LogP contribution is 2.00. The van der Waals surface area contributed by atoms with Crippen LogP contribution in [-0.2, 0) is 18.9 Å². The van der Waals surface area contributed by atoms with Crippen LogP contribution in [0.25, 0.3) is 0 Å². The van der Waals surface area contributed by atoms with Crippen LogP contribution < -0.4 is 0 Å². The van der Waals surface area contributed by atoms with Crippen LogP contribution >= 0.6 is 0 Å². The molecule has 0 saturated heterocycles. The molecular formula is C14H30O4. The van der Waals surface area contributed by atoms with Crippen molar-refractivity contribution in [2.24, 2.45) is 0 Å². The van der Waals surface area contributed by atoms with Gasteiger partial charge in [-0.2, -0.15) is 0 Å². The van der Waals surface area contributed by atoms with Crippen molar-refractivity contribution in [2.75, 3.05) is 33.5 Å². The lowest BCUT2D eigenvalue weighted by Gasteiger charge is -2.19. The summed E-state index contributed by atoms with van der Waals surface area (Å²) in [7, 11) is 1.69. The van der Waals surface area contributed by atoms with Crippen LogP contribution in [0.5, 0.6) is 0 Å². The molecular weight excluding hydrogens is 232 g/mol. The van der Waals surface area contributed by atoms with E-state index in [4.69, 9.17) is 18.9 Å². The molecule has 0 spiro atoms. The molecule has 0 N–H and O–H groups in total. The fourth-order valence-corrected chi connectivity index (χ4v) is 1.26. The van der Waals surface area contributed by atoms with Crippen molar-refractivity contribution in [2.45, 2.75) is 58.8 Å². The SMILES string of the molecule is CCCCOCC(C)OCC(C)OCC(C)OC. The Bertz CT molecular complexity index is 175. The highest BCUT2D eigenvalue weighted by molar-refractivity contribution is 4.54. The van der Waals surface area contributed by atoms with Gasteiger partial charge in [-0.05, 0) is 27.2 Å². The number of rotatable bonds is 12. The topological polar surface area (TPSA) is 36.9 Å². The summed E-state index contributed by atoms with van der Waals surface area (Å²) in [6.45, 7) is 10.8. The lowest BCUT2D eigenvalue weighted by atomic mass is 10.3. The van der Waals surface area contributed by atoms with Gasteiger partial charge < -0.3 is 18.9 Å². The van der Waals surface area contributed by atoms with Crippen molar-refractivity contribution in [3.05, 3.63) is 0 Å². The molecule has 4 nitrogen and oxygen atoms in total. The third-order valence-corrected chi connectivity index (χ3v) is 2.63. The van der Waals surface area contributed by atoms with Gasteiger partial charge in [0.15, 0.2) is 0 Å². The Labute approximate surface area is 112 Å². The van der Waals surface area contributed by atoms with Crippen molar-refractivity contribution in [3.63, 3.8) is 0 Å². The van der Waals surface area contributed by atoms with E-state index in [1.807, 2.05) is 20.8 Å². The summed E-state index contributed by atoms with van der Waals surface area (Å²) >= 11 is 0. The van der Waals surface area contributed by atoms with E-state index in [1.165, 1.54) is 0 Å². The summed E-state index contributed by atoms with van der Waals surface area (Å²) in [6.07, 6.45) is 2.61. The maximum atomic E-state index is 5.66. The third-order valence-electron chi connectivity index (χ3n) is 2.63. The van der Waals surface area contributed by atoms with Gasteiger partial charge in [-0.3, -0.25) is 0 Å². The lowest BCUT2D eigenvalue weighted by Crippen LogP contribution is -2.26. The van der Waals surface area contributed by atoms with E-state index in [-0.39, 0.29) is 18.3 Å². The van der Waals surface area contributed by atoms with Crippen LogP contribution in [0.2, 0.25) is 0 Å². The van der Waals surface area contributed by atoms with Crippen molar-refractivity contribution < 1.29 is 18.9 Å². The summed E-state index contributed by atoms with van der Waals surface area (Å²) in [6, 6.07) is 0. The summed E-state index contributed by atoms with van der Waals surface area (Å²) in [5.41, 5.74) is 0. The Morgan fingerprint density at radius 3 is 1.94 bits per heavy atom. The van der Waals surface area contributed by atoms with E-state index in [1.54, 1.807) is 7.11 Å². The molecule has 0 aromatic heterocycles. The van der Waals surface area contributed by atoms with Crippen molar-refractivity contribution in [1.82, 2.24) is 0 Å². The van der Waals surface area contributed by atoms with Crippen LogP contribution in [-0.4, -0.2) is 51.8 Å². The van der Waals surface area contributed by atoms with Gasteiger partial charge in [0.2, 0.25) is 0 Å². The molecule has 0 bridgehead atoms. The minimum absolute atomic E-state index is 0.0840. The molecule has 0 aromatic carbocycles. The van der Waals surface area contributed by atoms with E-state index in [0.717, 1.165) is 19.4 Å². The molecule has 0 saturated carbocycles. The Morgan fingerprint density at radius 1 is 0.833 bits per heavy atom. The van der Waals surface area contributed by atoms with Gasteiger partial charge >= 0.3 is 0 Å². The highest BCUT2D eigenvalue weighted by atomic mass is 16.6. The molecule has 18 heavy (non-hydrogen) atoms. The van der Waals surface area contributed by atoms with E-state index in [0.29, 0.717) is 19.8 Å². The molecule has 3 unspecified atom stereocenters. The van der Waals surface area contributed by atoms with Gasteiger partial charge in [0.05, 0.1) is 38.1 Å². The Hall–Kier alpha value is -0.160. The van der Waals surface area contributed by atoms with E-state index in [9.17, 15) is 0 Å². The molecule has 0 aromatic rings. The van der Waals surface area contributed by atoms with Gasteiger partial charge in [-0.25, -0.2) is 0 Å². The minimum Gasteiger partial charge on any atom is -0.379 e. The van der Waals surface area contributed by atoms with Crippen LogP contribution in [0.3, 0.4) is 0 Å². The molecule has 3 atom stereocenters. The van der Waals surface area contributed by atoms with Crippen LogP contribution in [0, 0.1) is 0 Å². The first-order chi connectivity index (χ1) is 8.60. The normalized spacial score (nSPS) is 16.5. The lowest BCUT2D eigenvalue weighted by molar-refractivity contribution is -0.0746. The second-order valence-corrected chi connectivity index (χ2v) is 4.76. The molecule has 0 aliphatic carbocycles. The van der Waals surface area contributed by atoms with Gasteiger partial charge in [0, 0.05) is 13.7 Å². The standard InChI is InChI=1S/C14H30O4/c1-6-7-8-16-9-13(3)18-11-14(4)17-10-12(2)15-5/h12-14H,6-11H2,1-5H3. The summed E-state index contributed by atoms with van der Waals surface area (Å²) in [4.78, 5) is 0. The zero-order valence-corrected chi connectivity index (χ0v) is 12.6. The average Bonchev–Trinajstić information content (AvgIpc) is 2.38. The first kappa shape index (κ1) is 17.8. The summed E-state index contributed by atoms with van der Waals surface area (Å²) < 4.78 is 21.9. The third kappa shape index (κ3) is 11.0. The zero-order chi connectivity index (χ0) is 13.8. The molecule has 0 fully saturated rings. The molecule has 0 aliphatic heterocycles. The predicted molar refractivity (Wildman–Crippen MR) is 73.0 cm³/mol. The monoisotopic (exact) mass is 262 g/mol. The first-order valence-corrected chi connectivity index (χ1v) is 6.93. The van der Waals surface area contributed by atoms with E-state index >= 15 is 0 Å². The fourth-order valence-electron chi connectivity index (χ4n) is 1.26. The number of unbranched alkanes of at least 4 members (excludes halogenated alkanes) is 1. The summed E-state index contributed by atoms with van der Waals surface area (Å²) in [5, 5.41) is 0. The molecule has 4 heteroatoms. The molecule has 0 heterocycles. The van der Waals surface area contributed by atoms with Gasteiger partial charge in [0.1, 0.15) is 0 Å². The molecule has 0 amide bonds. The van der Waals surface area contributed by atoms with Crippen LogP contribution in [0.1, 0.15) is 40.5 Å². The van der Waals surface area contributed by atoms with E-state index < -0.39 is 0 Å². The van der Waals surface area contributed by atoms with E-state index in [2.05, 4.69) is 6.92 Å².